The normalized spacial score (nSPS) is 15.0. The molecule has 2 aromatic rings. The van der Waals surface area contributed by atoms with Crippen molar-refractivity contribution < 1.29 is 14.0 Å². The summed E-state index contributed by atoms with van der Waals surface area (Å²) >= 11 is 0. The molecule has 0 saturated heterocycles. The maximum absolute atomic E-state index is 14.3. The van der Waals surface area contributed by atoms with Gasteiger partial charge in [0.25, 0.3) is 0 Å². The van der Waals surface area contributed by atoms with Gasteiger partial charge in [-0.2, -0.15) is 0 Å². The lowest BCUT2D eigenvalue weighted by Crippen LogP contribution is -2.49. The van der Waals surface area contributed by atoms with Crippen molar-refractivity contribution in [3.63, 3.8) is 0 Å². The summed E-state index contributed by atoms with van der Waals surface area (Å²) in [4.78, 5) is 27.4. The predicted octanol–water partition coefficient (Wildman–Crippen LogP) is 4.54. The van der Waals surface area contributed by atoms with E-state index in [9.17, 15) is 14.0 Å². The van der Waals surface area contributed by atoms with Crippen LogP contribution in [0.15, 0.2) is 48.5 Å². The fourth-order valence-corrected chi connectivity index (χ4v) is 3.93. The molecule has 0 radical (unpaired) electrons. The number of amides is 2. The number of benzene rings is 2. The maximum Gasteiger partial charge on any atom is 0.242 e. The first kappa shape index (κ1) is 22.0. The summed E-state index contributed by atoms with van der Waals surface area (Å²) in [6.07, 6.45) is 5.06. The van der Waals surface area contributed by atoms with Gasteiger partial charge in [-0.15, -0.1) is 0 Å². The van der Waals surface area contributed by atoms with Crippen molar-refractivity contribution in [3.05, 3.63) is 71.0 Å². The van der Waals surface area contributed by atoms with Crippen LogP contribution in [0, 0.1) is 12.7 Å². The molecule has 1 aliphatic carbocycles. The van der Waals surface area contributed by atoms with E-state index in [1.807, 2.05) is 31.2 Å². The number of nitrogens with zero attached hydrogens (tertiary/aromatic N) is 1. The highest BCUT2D eigenvalue weighted by Gasteiger charge is 2.28. The van der Waals surface area contributed by atoms with E-state index in [2.05, 4.69) is 5.32 Å². The van der Waals surface area contributed by atoms with Gasteiger partial charge in [0.15, 0.2) is 0 Å². The molecular formula is C25H31FN2O2. The van der Waals surface area contributed by atoms with Gasteiger partial charge in [0.2, 0.25) is 11.8 Å². The second-order valence-electron chi connectivity index (χ2n) is 8.26. The van der Waals surface area contributed by atoms with E-state index in [1.165, 1.54) is 16.5 Å². The monoisotopic (exact) mass is 410 g/mol. The quantitative estimate of drug-likeness (QED) is 0.694. The molecule has 0 aliphatic heterocycles. The van der Waals surface area contributed by atoms with Crippen LogP contribution >= 0.6 is 0 Å². The average molecular weight is 411 g/mol. The Morgan fingerprint density at radius 1 is 1.10 bits per heavy atom. The topological polar surface area (TPSA) is 49.4 Å². The molecule has 0 aromatic heterocycles. The Balaban J connectivity index is 1.71. The summed E-state index contributed by atoms with van der Waals surface area (Å²) in [6.45, 7) is 3.84. The fraction of sp³-hybridized carbons (Fsp3) is 0.440. The molecule has 5 heteroatoms. The van der Waals surface area contributed by atoms with Gasteiger partial charge in [0.1, 0.15) is 11.9 Å². The largest absolute Gasteiger partial charge is 0.352 e. The number of halogens is 1. The number of hydrogen-bond acceptors (Lipinski definition) is 2. The molecule has 3 rings (SSSR count). The van der Waals surface area contributed by atoms with Gasteiger partial charge in [0.05, 0.1) is 0 Å². The van der Waals surface area contributed by atoms with E-state index < -0.39 is 6.04 Å². The molecule has 1 N–H and O–H groups in total. The molecule has 1 aliphatic rings. The standard InChI is InChI=1S/C25H31FN2O2/c1-18-11-13-20(14-12-18)15-16-24(29)28(17-21-7-3-6-10-23(21)26)19(2)25(30)27-22-8-4-5-9-22/h3,6-7,10-14,19,22H,4-5,8-9,15-17H2,1-2H3,(H,27,30). The number of aryl methyl sites for hydroxylation is 2. The molecule has 1 unspecified atom stereocenters. The molecule has 0 heterocycles. The number of nitrogens with one attached hydrogen (secondary N) is 1. The third-order valence-electron chi connectivity index (χ3n) is 5.92. The Morgan fingerprint density at radius 3 is 2.43 bits per heavy atom. The van der Waals surface area contributed by atoms with Crippen molar-refractivity contribution in [1.82, 2.24) is 10.2 Å². The molecule has 4 nitrogen and oxygen atoms in total. The lowest BCUT2D eigenvalue weighted by atomic mass is 10.1. The molecule has 0 bridgehead atoms. The molecular weight excluding hydrogens is 379 g/mol. The van der Waals surface area contributed by atoms with Gasteiger partial charge in [-0.1, -0.05) is 60.9 Å². The molecule has 0 spiro atoms. The Morgan fingerprint density at radius 2 is 1.77 bits per heavy atom. The summed E-state index contributed by atoms with van der Waals surface area (Å²) in [5.41, 5.74) is 2.66. The second-order valence-corrected chi connectivity index (χ2v) is 8.26. The summed E-state index contributed by atoms with van der Waals surface area (Å²) in [6, 6.07) is 14.0. The lowest BCUT2D eigenvalue weighted by Gasteiger charge is -2.30. The SMILES string of the molecule is Cc1ccc(CCC(=O)N(Cc2ccccc2F)C(C)C(=O)NC2CCCC2)cc1. The molecule has 30 heavy (non-hydrogen) atoms. The van der Waals surface area contributed by atoms with E-state index in [-0.39, 0.29) is 36.6 Å². The van der Waals surface area contributed by atoms with Crippen LogP contribution < -0.4 is 5.32 Å². The third-order valence-corrected chi connectivity index (χ3v) is 5.92. The van der Waals surface area contributed by atoms with E-state index in [4.69, 9.17) is 0 Å². The highest BCUT2D eigenvalue weighted by atomic mass is 19.1. The summed E-state index contributed by atoms with van der Waals surface area (Å²) in [7, 11) is 0. The van der Waals surface area contributed by atoms with Gasteiger partial charge < -0.3 is 10.2 Å². The predicted molar refractivity (Wildman–Crippen MR) is 116 cm³/mol. The highest BCUT2D eigenvalue weighted by Crippen LogP contribution is 2.19. The van der Waals surface area contributed by atoms with Gasteiger partial charge in [-0.3, -0.25) is 9.59 Å². The molecule has 2 amide bonds. The first-order valence-electron chi connectivity index (χ1n) is 10.8. The van der Waals surface area contributed by atoms with Crippen molar-refractivity contribution in [2.24, 2.45) is 0 Å². The zero-order chi connectivity index (χ0) is 21.5. The maximum atomic E-state index is 14.3. The van der Waals surface area contributed by atoms with E-state index in [0.717, 1.165) is 31.2 Å². The van der Waals surface area contributed by atoms with Crippen molar-refractivity contribution >= 4 is 11.8 Å². The Kier molecular flexibility index (Phi) is 7.61. The van der Waals surface area contributed by atoms with Gasteiger partial charge in [0, 0.05) is 24.6 Å². The summed E-state index contributed by atoms with van der Waals surface area (Å²) in [5.74, 6) is -0.674. The van der Waals surface area contributed by atoms with Crippen LogP contribution in [0.1, 0.15) is 55.7 Å². The van der Waals surface area contributed by atoms with Crippen LogP contribution in [0.2, 0.25) is 0 Å². The summed E-state index contributed by atoms with van der Waals surface area (Å²) in [5, 5.41) is 3.07. The Bertz CT molecular complexity index is 860. The van der Waals surface area contributed by atoms with Crippen LogP contribution in [0.25, 0.3) is 0 Å². The highest BCUT2D eigenvalue weighted by molar-refractivity contribution is 5.87. The van der Waals surface area contributed by atoms with Gasteiger partial charge in [-0.05, 0) is 44.7 Å². The number of carbonyl (C=O) groups is 2. The minimum absolute atomic E-state index is 0.0820. The van der Waals surface area contributed by atoms with E-state index in [1.54, 1.807) is 25.1 Å². The minimum Gasteiger partial charge on any atom is -0.352 e. The Labute approximate surface area is 178 Å². The minimum atomic E-state index is -0.657. The summed E-state index contributed by atoms with van der Waals surface area (Å²) < 4.78 is 14.3. The number of rotatable bonds is 8. The van der Waals surface area contributed by atoms with Gasteiger partial charge in [-0.25, -0.2) is 4.39 Å². The van der Waals surface area contributed by atoms with Crippen molar-refractivity contribution in [2.75, 3.05) is 0 Å². The third kappa shape index (κ3) is 5.91. The second kappa shape index (κ2) is 10.4. The van der Waals surface area contributed by atoms with Crippen molar-refractivity contribution in [3.8, 4) is 0 Å². The van der Waals surface area contributed by atoms with Crippen LogP contribution in [-0.2, 0) is 22.6 Å². The molecule has 1 atom stereocenters. The zero-order valence-corrected chi connectivity index (χ0v) is 17.9. The Hall–Kier alpha value is -2.69. The van der Waals surface area contributed by atoms with Crippen LogP contribution in [0.3, 0.4) is 0 Å². The van der Waals surface area contributed by atoms with Crippen LogP contribution in [-0.4, -0.2) is 28.8 Å². The zero-order valence-electron chi connectivity index (χ0n) is 17.9. The van der Waals surface area contributed by atoms with Gasteiger partial charge >= 0.3 is 0 Å². The van der Waals surface area contributed by atoms with Crippen molar-refractivity contribution in [1.29, 1.82) is 0 Å². The first-order valence-corrected chi connectivity index (χ1v) is 10.8. The van der Waals surface area contributed by atoms with Crippen molar-refractivity contribution in [2.45, 2.75) is 71.0 Å². The average Bonchev–Trinajstić information content (AvgIpc) is 3.25. The molecule has 1 fully saturated rings. The van der Waals surface area contributed by atoms with E-state index in [0.29, 0.717) is 12.0 Å². The molecule has 1 saturated carbocycles. The lowest BCUT2D eigenvalue weighted by molar-refractivity contribution is -0.140. The number of hydrogen-bond donors (Lipinski definition) is 1. The number of carbonyl (C=O) groups excluding carboxylic acids is 2. The molecule has 160 valence electrons. The fourth-order valence-electron chi connectivity index (χ4n) is 3.93. The first-order chi connectivity index (χ1) is 14.4. The van der Waals surface area contributed by atoms with E-state index >= 15 is 0 Å². The van der Waals surface area contributed by atoms with Crippen LogP contribution in [0.5, 0.6) is 0 Å². The smallest absolute Gasteiger partial charge is 0.242 e. The van der Waals surface area contributed by atoms with Crippen LogP contribution in [0.4, 0.5) is 4.39 Å². The molecule has 2 aromatic carbocycles.